The monoisotopic (exact) mass is 234 g/mol. The topological polar surface area (TPSA) is 41.6 Å². The van der Waals surface area contributed by atoms with Crippen LogP contribution in [0.3, 0.4) is 0 Å². The summed E-state index contributed by atoms with van der Waals surface area (Å²) in [5.74, 6) is 0. The van der Waals surface area contributed by atoms with E-state index in [1.807, 2.05) is 25.7 Å². The van der Waals surface area contributed by atoms with Crippen molar-refractivity contribution in [2.75, 3.05) is 13.1 Å². The Morgan fingerprint density at radius 1 is 1.33 bits per heavy atom. The molecule has 5 heteroatoms. The maximum atomic E-state index is 11.7. The van der Waals surface area contributed by atoms with Crippen LogP contribution in [0.2, 0.25) is 0 Å². The Bertz CT molecular complexity index is 238. The summed E-state index contributed by atoms with van der Waals surface area (Å²) < 4.78 is 5.34. The summed E-state index contributed by atoms with van der Waals surface area (Å²) in [4.78, 5) is 13.6. The Balaban J connectivity index is 0.00000112. The Kier molecular flexibility index (Phi) is 3.51. The number of ether oxygens (including phenoxy) is 1. The first-order chi connectivity index (χ1) is 6.47. The largest absolute Gasteiger partial charge is 0.444 e. The third-order valence-corrected chi connectivity index (χ3v) is 2.70. The fourth-order valence-corrected chi connectivity index (χ4v) is 2.09. The molecule has 3 saturated heterocycles. The number of piperidine rings is 1. The van der Waals surface area contributed by atoms with Crippen LogP contribution in [0.25, 0.3) is 0 Å². The number of amides is 1. The lowest BCUT2D eigenvalue weighted by Crippen LogP contribution is -2.69. The molecule has 3 rings (SSSR count). The maximum Gasteiger partial charge on any atom is 0.410 e. The molecule has 0 unspecified atom stereocenters. The van der Waals surface area contributed by atoms with Crippen LogP contribution in [0.4, 0.5) is 4.79 Å². The van der Waals surface area contributed by atoms with Crippen molar-refractivity contribution >= 4 is 18.5 Å². The average molecular weight is 235 g/mol. The van der Waals surface area contributed by atoms with E-state index in [0.717, 1.165) is 19.5 Å². The Labute approximate surface area is 96.7 Å². The first-order valence-corrected chi connectivity index (χ1v) is 5.19. The van der Waals surface area contributed by atoms with Crippen molar-refractivity contribution in [2.24, 2.45) is 0 Å². The molecule has 0 aromatic carbocycles. The van der Waals surface area contributed by atoms with Crippen LogP contribution in [0.5, 0.6) is 0 Å². The fourth-order valence-electron chi connectivity index (χ4n) is 2.09. The van der Waals surface area contributed by atoms with Gasteiger partial charge >= 0.3 is 6.09 Å². The Hall–Kier alpha value is -0.480. The SMILES string of the molecule is CC(C)(C)OC(=O)N1[C@@H]2CNC[C@H]1C2.Cl. The van der Waals surface area contributed by atoms with E-state index in [2.05, 4.69) is 5.32 Å². The van der Waals surface area contributed by atoms with Gasteiger partial charge in [-0.2, -0.15) is 0 Å². The van der Waals surface area contributed by atoms with Gasteiger partial charge in [-0.3, -0.25) is 4.90 Å². The van der Waals surface area contributed by atoms with Gasteiger partial charge in [-0.15, -0.1) is 12.4 Å². The van der Waals surface area contributed by atoms with Crippen molar-refractivity contribution in [2.45, 2.75) is 44.9 Å². The second-order valence-corrected chi connectivity index (χ2v) is 5.09. The molecule has 3 heterocycles. The summed E-state index contributed by atoms with van der Waals surface area (Å²) in [5.41, 5.74) is -0.381. The van der Waals surface area contributed by atoms with Gasteiger partial charge in [-0.25, -0.2) is 4.79 Å². The molecule has 0 spiro atoms. The van der Waals surface area contributed by atoms with Crippen molar-refractivity contribution in [3.63, 3.8) is 0 Å². The average Bonchev–Trinajstić information content (AvgIpc) is 2.01. The van der Waals surface area contributed by atoms with Gasteiger partial charge in [0, 0.05) is 25.2 Å². The van der Waals surface area contributed by atoms with Crippen LogP contribution in [-0.4, -0.2) is 41.8 Å². The number of hydrogen-bond donors (Lipinski definition) is 1. The molecule has 15 heavy (non-hydrogen) atoms. The smallest absolute Gasteiger partial charge is 0.410 e. The van der Waals surface area contributed by atoms with Gasteiger partial charge in [-0.05, 0) is 27.2 Å². The second-order valence-electron chi connectivity index (χ2n) is 5.09. The number of carbonyl (C=O) groups excluding carboxylic acids is 1. The fraction of sp³-hybridized carbons (Fsp3) is 0.900. The molecule has 1 amide bonds. The zero-order valence-electron chi connectivity index (χ0n) is 9.45. The molecule has 2 atom stereocenters. The quantitative estimate of drug-likeness (QED) is 0.689. The number of rotatable bonds is 0. The highest BCUT2D eigenvalue weighted by Crippen LogP contribution is 2.29. The molecule has 0 aromatic rings. The van der Waals surface area contributed by atoms with Crippen molar-refractivity contribution in [1.82, 2.24) is 10.2 Å². The van der Waals surface area contributed by atoms with Crippen LogP contribution in [0, 0.1) is 0 Å². The van der Waals surface area contributed by atoms with Gasteiger partial charge in [0.1, 0.15) is 5.60 Å². The number of carbonyl (C=O) groups is 1. The van der Waals surface area contributed by atoms with Crippen LogP contribution < -0.4 is 5.32 Å². The van der Waals surface area contributed by atoms with Crippen LogP contribution in [0.1, 0.15) is 27.2 Å². The van der Waals surface area contributed by atoms with E-state index >= 15 is 0 Å². The standard InChI is InChI=1S/C10H18N2O2.ClH/c1-10(2,3)14-9(13)12-7-4-8(12)6-11-5-7;/h7-8,11H,4-6H2,1-3H3;1H/t7-,8+;. The summed E-state index contributed by atoms with van der Waals surface area (Å²) in [7, 11) is 0. The first-order valence-electron chi connectivity index (χ1n) is 5.19. The predicted molar refractivity (Wildman–Crippen MR) is 60.4 cm³/mol. The predicted octanol–water partition coefficient (Wildman–Crippen LogP) is 1.39. The molecule has 0 saturated carbocycles. The van der Waals surface area contributed by atoms with Gasteiger partial charge in [-0.1, -0.05) is 0 Å². The third-order valence-electron chi connectivity index (χ3n) is 2.70. The van der Waals surface area contributed by atoms with E-state index in [1.54, 1.807) is 0 Å². The summed E-state index contributed by atoms with van der Waals surface area (Å²) in [6, 6.07) is 0.729. The summed E-state index contributed by atoms with van der Waals surface area (Å²) in [6.07, 6.45) is 0.979. The van der Waals surface area contributed by atoms with E-state index < -0.39 is 0 Å². The lowest BCUT2D eigenvalue weighted by Gasteiger charge is -2.52. The van der Waals surface area contributed by atoms with E-state index in [9.17, 15) is 4.79 Å². The van der Waals surface area contributed by atoms with Crippen molar-refractivity contribution in [3.8, 4) is 0 Å². The number of hydrogen-bond acceptors (Lipinski definition) is 3. The second kappa shape index (κ2) is 4.18. The lowest BCUT2D eigenvalue weighted by molar-refractivity contribution is -0.0439. The molecule has 3 fully saturated rings. The van der Waals surface area contributed by atoms with Crippen LogP contribution in [-0.2, 0) is 4.74 Å². The van der Waals surface area contributed by atoms with Crippen LogP contribution in [0.15, 0.2) is 0 Å². The van der Waals surface area contributed by atoms with Gasteiger partial charge in [0.05, 0.1) is 0 Å². The van der Waals surface area contributed by atoms with Crippen molar-refractivity contribution in [3.05, 3.63) is 0 Å². The maximum absolute atomic E-state index is 11.7. The molecule has 4 nitrogen and oxygen atoms in total. The van der Waals surface area contributed by atoms with E-state index in [1.165, 1.54) is 0 Å². The summed E-state index contributed by atoms with van der Waals surface area (Å²) in [6.45, 7) is 7.53. The number of nitrogens with zero attached hydrogens (tertiary/aromatic N) is 1. The zero-order chi connectivity index (χ0) is 10.3. The Morgan fingerprint density at radius 3 is 2.27 bits per heavy atom. The molecular weight excluding hydrogens is 216 g/mol. The van der Waals surface area contributed by atoms with Crippen molar-refractivity contribution < 1.29 is 9.53 Å². The number of fused-ring (bicyclic) bond motifs is 2. The lowest BCUT2D eigenvalue weighted by atomic mass is 9.89. The van der Waals surface area contributed by atoms with Gasteiger partial charge in [0.2, 0.25) is 0 Å². The normalized spacial score (nSPS) is 28.9. The minimum Gasteiger partial charge on any atom is -0.444 e. The molecule has 0 aromatic heterocycles. The third kappa shape index (κ3) is 2.55. The molecule has 0 aliphatic carbocycles. The minimum absolute atomic E-state index is 0. The summed E-state index contributed by atoms with van der Waals surface area (Å²) in [5, 5.41) is 3.28. The van der Waals surface area contributed by atoms with Gasteiger partial charge < -0.3 is 10.1 Å². The van der Waals surface area contributed by atoms with Gasteiger partial charge in [0.15, 0.2) is 0 Å². The van der Waals surface area contributed by atoms with Gasteiger partial charge in [0.25, 0.3) is 0 Å². The highest BCUT2D eigenvalue weighted by molar-refractivity contribution is 5.85. The van der Waals surface area contributed by atoms with Crippen molar-refractivity contribution in [1.29, 1.82) is 0 Å². The minimum atomic E-state index is -0.381. The molecule has 1 N–H and O–H groups in total. The van der Waals surface area contributed by atoms with E-state index in [-0.39, 0.29) is 24.1 Å². The molecule has 88 valence electrons. The first kappa shape index (κ1) is 12.6. The highest BCUT2D eigenvalue weighted by atomic mass is 35.5. The molecule has 2 bridgehead atoms. The number of piperazine rings is 1. The molecular formula is C10H19ClN2O2. The number of nitrogens with one attached hydrogen (secondary N) is 1. The highest BCUT2D eigenvalue weighted by Gasteiger charge is 2.45. The number of halogens is 1. The van der Waals surface area contributed by atoms with Crippen LogP contribution >= 0.6 is 12.4 Å². The van der Waals surface area contributed by atoms with E-state index in [4.69, 9.17) is 4.74 Å². The molecule has 3 aliphatic rings. The van der Waals surface area contributed by atoms with E-state index in [0.29, 0.717) is 12.1 Å². The zero-order valence-corrected chi connectivity index (χ0v) is 10.3. The summed E-state index contributed by atoms with van der Waals surface area (Å²) >= 11 is 0. The Morgan fingerprint density at radius 2 is 1.87 bits per heavy atom. The molecule has 0 radical (unpaired) electrons. The molecule has 3 aliphatic heterocycles.